The number of aromatic nitrogens is 2. The Morgan fingerprint density at radius 1 is 1.36 bits per heavy atom. The number of hydrogen-bond donors (Lipinski definition) is 2. The number of H-pyrrole nitrogens is 1. The van der Waals surface area contributed by atoms with Gasteiger partial charge in [0.05, 0.1) is 6.04 Å². The molecule has 9 heteroatoms. The SMILES string of the molecule is CC(=O)N1CCCC1c1nc(C(=O)N(C)Cc2ccc(F)cc2)c(O)c(=O)[nH]1. The molecule has 8 nitrogen and oxygen atoms in total. The smallest absolute Gasteiger partial charge is 0.294 e. The average Bonchev–Trinajstić information content (AvgIpc) is 3.15. The van der Waals surface area contributed by atoms with Crippen molar-refractivity contribution in [1.29, 1.82) is 0 Å². The van der Waals surface area contributed by atoms with Gasteiger partial charge in [0.15, 0.2) is 5.69 Å². The summed E-state index contributed by atoms with van der Waals surface area (Å²) in [5.41, 5.74) is -0.530. The van der Waals surface area contributed by atoms with Crippen LogP contribution in [-0.4, -0.2) is 50.3 Å². The molecule has 0 spiro atoms. The number of amides is 2. The molecule has 2 aromatic rings. The third kappa shape index (κ3) is 3.88. The minimum Gasteiger partial charge on any atom is -0.501 e. The topological polar surface area (TPSA) is 107 Å². The molecule has 0 bridgehead atoms. The number of nitrogens with one attached hydrogen (secondary N) is 1. The second-order valence-electron chi connectivity index (χ2n) is 6.81. The summed E-state index contributed by atoms with van der Waals surface area (Å²) < 4.78 is 13.0. The molecule has 0 saturated carbocycles. The normalized spacial score (nSPS) is 16.2. The standard InChI is InChI=1S/C19H21FN4O4/c1-11(25)24-9-3-4-14(24)17-21-15(16(26)18(27)22-17)19(28)23(2)10-12-5-7-13(20)8-6-12/h5-8,14,26H,3-4,9-10H2,1-2H3,(H,21,22,27). The second-order valence-corrected chi connectivity index (χ2v) is 6.81. The highest BCUT2D eigenvalue weighted by atomic mass is 19.1. The lowest BCUT2D eigenvalue weighted by Crippen LogP contribution is -2.33. The van der Waals surface area contributed by atoms with Crippen molar-refractivity contribution in [2.75, 3.05) is 13.6 Å². The van der Waals surface area contributed by atoms with E-state index >= 15 is 0 Å². The maximum Gasteiger partial charge on any atom is 0.294 e. The van der Waals surface area contributed by atoms with Crippen LogP contribution in [0.5, 0.6) is 5.75 Å². The van der Waals surface area contributed by atoms with E-state index in [0.717, 1.165) is 6.42 Å². The minimum atomic E-state index is -0.834. The quantitative estimate of drug-likeness (QED) is 0.827. The maximum atomic E-state index is 13.0. The zero-order chi connectivity index (χ0) is 20.4. The van der Waals surface area contributed by atoms with Crippen molar-refractivity contribution in [2.24, 2.45) is 0 Å². The molecule has 2 N–H and O–H groups in total. The number of hydrogen-bond acceptors (Lipinski definition) is 5. The minimum absolute atomic E-state index is 0.144. The predicted molar refractivity (Wildman–Crippen MR) is 98.1 cm³/mol. The molecule has 1 aromatic heterocycles. The highest BCUT2D eigenvalue weighted by Crippen LogP contribution is 2.30. The van der Waals surface area contributed by atoms with Crippen LogP contribution >= 0.6 is 0 Å². The monoisotopic (exact) mass is 388 g/mol. The van der Waals surface area contributed by atoms with Crippen molar-refractivity contribution in [3.63, 3.8) is 0 Å². The lowest BCUT2D eigenvalue weighted by atomic mass is 10.2. The first-order valence-electron chi connectivity index (χ1n) is 8.88. The van der Waals surface area contributed by atoms with E-state index in [2.05, 4.69) is 9.97 Å². The summed E-state index contributed by atoms with van der Waals surface area (Å²) in [4.78, 5) is 46.2. The molecule has 1 fully saturated rings. The van der Waals surface area contributed by atoms with E-state index in [4.69, 9.17) is 0 Å². The zero-order valence-electron chi connectivity index (χ0n) is 15.6. The van der Waals surface area contributed by atoms with Gasteiger partial charge in [-0.1, -0.05) is 12.1 Å². The number of aromatic amines is 1. The Morgan fingerprint density at radius 3 is 2.68 bits per heavy atom. The van der Waals surface area contributed by atoms with Gasteiger partial charge >= 0.3 is 0 Å². The van der Waals surface area contributed by atoms with Crippen molar-refractivity contribution in [1.82, 2.24) is 19.8 Å². The molecule has 1 atom stereocenters. The molecule has 28 heavy (non-hydrogen) atoms. The summed E-state index contributed by atoms with van der Waals surface area (Å²) >= 11 is 0. The molecule has 1 unspecified atom stereocenters. The van der Waals surface area contributed by atoms with Crippen molar-refractivity contribution < 1.29 is 19.1 Å². The van der Waals surface area contributed by atoms with Gasteiger partial charge in [0.1, 0.15) is 11.6 Å². The molecular weight excluding hydrogens is 367 g/mol. The van der Waals surface area contributed by atoms with Crippen molar-refractivity contribution in [2.45, 2.75) is 32.4 Å². The number of likely N-dealkylation sites (tertiary alicyclic amines) is 1. The molecule has 1 saturated heterocycles. The van der Waals surface area contributed by atoms with Crippen LogP contribution in [0.25, 0.3) is 0 Å². The van der Waals surface area contributed by atoms with E-state index in [1.807, 2.05) is 0 Å². The molecular formula is C19H21FN4O4. The highest BCUT2D eigenvalue weighted by molar-refractivity contribution is 5.94. The lowest BCUT2D eigenvalue weighted by molar-refractivity contribution is -0.129. The van der Waals surface area contributed by atoms with E-state index in [0.29, 0.717) is 18.5 Å². The van der Waals surface area contributed by atoms with Gasteiger partial charge in [-0.3, -0.25) is 14.4 Å². The van der Waals surface area contributed by atoms with Gasteiger partial charge < -0.3 is 19.9 Å². The average molecular weight is 388 g/mol. The molecule has 148 valence electrons. The third-order valence-corrected chi connectivity index (χ3v) is 4.77. The van der Waals surface area contributed by atoms with Gasteiger partial charge in [-0.15, -0.1) is 0 Å². The third-order valence-electron chi connectivity index (χ3n) is 4.77. The molecule has 0 aliphatic carbocycles. The van der Waals surface area contributed by atoms with Gasteiger partial charge in [0.2, 0.25) is 11.7 Å². The first kappa shape index (κ1) is 19.5. The Balaban J connectivity index is 1.89. The lowest BCUT2D eigenvalue weighted by Gasteiger charge is -2.23. The van der Waals surface area contributed by atoms with Crippen LogP contribution in [0.4, 0.5) is 4.39 Å². The number of rotatable bonds is 4. The van der Waals surface area contributed by atoms with E-state index < -0.39 is 23.3 Å². The van der Waals surface area contributed by atoms with Crippen LogP contribution in [0, 0.1) is 5.82 Å². The molecule has 1 aromatic carbocycles. The van der Waals surface area contributed by atoms with Gasteiger partial charge in [0, 0.05) is 27.1 Å². The number of carbonyl (C=O) groups excluding carboxylic acids is 2. The van der Waals surface area contributed by atoms with Crippen molar-refractivity contribution in [3.8, 4) is 5.75 Å². The van der Waals surface area contributed by atoms with Crippen molar-refractivity contribution >= 4 is 11.8 Å². The van der Waals surface area contributed by atoms with Crippen LogP contribution < -0.4 is 5.56 Å². The Kier molecular flexibility index (Phi) is 5.43. The van der Waals surface area contributed by atoms with Crippen LogP contribution in [0.3, 0.4) is 0 Å². The zero-order valence-corrected chi connectivity index (χ0v) is 15.6. The number of halogens is 1. The van der Waals surface area contributed by atoms with Gasteiger partial charge in [-0.05, 0) is 30.5 Å². The molecule has 0 radical (unpaired) electrons. The Bertz CT molecular complexity index is 957. The molecule has 1 aliphatic rings. The van der Waals surface area contributed by atoms with E-state index in [9.17, 15) is 23.9 Å². The molecule has 3 rings (SSSR count). The summed E-state index contributed by atoms with van der Waals surface area (Å²) in [7, 11) is 1.49. The molecule has 2 amide bonds. The van der Waals surface area contributed by atoms with Crippen LogP contribution in [-0.2, 0) is 11.3 Å². The number of aromatic hydroxyl groups is 1. The predicted octanol–water partition coefficient (Wildman–Crippen LogP) is 1.57. The Morgan fingerprint density at radius 2 is 2.04 bits per heavy atom. The Labute approximate surface area is 160 Å². The fourth-order valence-corrected chi connectivity index (χ4v) is 3.34. The fraction of sp³-hybridized carbons (Fsp3) is 0.368. The van der Waals surface area contributed by atoms with E-state index in [1.54, 1.807) is 17.0 Å². The van der Waals surface area contributed by atoms with Gasteiger partial charge in [-0.2, -0.15) is 0 Å². The summed E-state index contributed by atoms with van der Waals surface area (Å²) in [5.74, 6) is -1.79. The van der Waals surface area contributed by atoms with Crippen molar-refractivity contribution in [3.05, 3.63) is 57.5 Å². The summed E-state index contributed by atoms with van der Waals surface area (Å²) in [6.07, 6.45) is 1.36. The summed E-state index contributed by atoms with van der Waals surface area (Å²) in [5, 5.41) is 10.1. The second kappa shape index (κ2) is 7.79. The van der Waals surface area contributed by atoms with E-state index in [-0.39, 0.29) is 29.8 Å². The van der Waals surface area contributed by atoms with Gasteiger partial charge in [-0.25, -0.2) is 9.37 Å². The largest absolute Gasteiger partial charge is 0.501 e. The van der Waals surface area contributed by atoms with E-state index in [1.165, 1.54) is 31.0 Å². The highest BCUT2D eigenvalue weighted by Gasteiger charge is 2.32. The number of carbonyl (C=O) groups is 2. The van der Waals surface area contributed by atoms with Crippen LogP contribution in [0.15, 0.2) is 29.1 Å². The number of benzene rings is 1. The molecule has 1 aliphatic heterocycles. The first-order valence-corrected chi connectivity index (χ1v) is 8.88. The van der Waals surface area contributed by atoms with Crippen LogP contribution in [0.2, 0.25) is 0 Å². The number of nitrogens with zero attached hydrogens (tertiary/aromatic N) is 3. The summed E-state index contributed by atoms with van der Waals surface area (Å²) in [6, 6.07) is 5.20. The Hall–Kier alpha value is -3.23. The van der Waals surface area contributed by atoms with Crippen LogP contribution in [0.1, 0.15) is 47.7 Å². The first-order chi connectivity index (χ1) is 13.3. The summed E-state index contributed by atoms with van der Waals surface area (Å²) in [6.45, 7) is 2.11. The fourth-order valence-electron chi connectivity index (χ4n) is 3.34. The van der Waals surface area contributed by atoms with Gasteiger partial charge in [0.25, 0.3) is 11.5 Å². The molecule has 2 heterocycles. The maximum absolute atomic E-state index is 13.0.